The molecule has 3 aromatic rings. The standard InChI is InChI=1S/C19H18BrN3O4S/c1-25-15-8-3-12(9-16(15)26-2)10-18-22-23-19(27-18)28-11-17(24)21-14-6-4-13(20)5-7-14/h3-9H,10-11H2,1-2H3,(H,21,24). The fraction of sp³-hybridized carbons (Fsp3) is 0.211. The number of nitrogens with one attached hydrogen (secondary N) is 1. The number of aromatic nitrogens is 2. The van der Waals surface area contributed by atoms with E-state index in [-0.39, 0.29) is 11.7 Å². The van der Waals surface area contributed by atoms with Gasteiger partial charge in [0.2, 0.25) is 11.8 Å². The third-order valence-corrected chi connectivity index (χ3v) is 5.05. The molecule has 1 heterocycles. The first-order chi connectivity index (χ1) is 13.6. The Morgan fingerprint density at radius 3 is 2.57 bits per heavy atom. The summed E-state index contributed by atoms with van der Waals surface area (Å²) < 4.78 is 17.1. The quantitative estimate of drug-likeness (QED) is 0.501. The van der Waals surface area contributed by atoms with Crippen LogP contribution in [-0.4, -0.2) is 36.1 Å². The molecule has 0 atom stereocenters. The van der Waals surface area contributed by atoms with E-state index in [9.17, 15) is 4.79 Å². The number of ether oxygens (including phenoxy) is 2. The number of carbonyl (C=O) groups excluding carboxylic acids is 1. The third kappa shape index (κ3) is 5.49. The van der Waals surface area contributed by atoms with Crippen molar-refractivity contribution in [3.8, 4) is 11.5 Å². The van der Waals surface area contributed by atoms with Crippen LogP contribution in [0.5, 0.6) is 11.5 Å². The highest BCUT2D eigenvalue weighted by Gasteiger charge is 2.12. The van der Waals surface area contributed by atoms with Crippen LogP contribution in [0.15, 0.2) is 56.6 Å². The van der Waals surface area contributed by atoms with E-state index in [1.807, 2.05) is 42.5 Å². The van der Waals surface area contributed by atoms with Crippen molar-refractivity contribution in [1.29, 1.82) is 0 Å². The Labute approximate surface area is 175 Å². The lowest BCUT2D eigenvalue weighted by Crippen LogP contribution is -2.13. The van der Waals surface area contributed by atoms with Gasteiger partial charge in [-0.15, -0.1) is 10.2 Å². The number of hydrogen-bond donors (Lipinski definition) is 1. The lowest BCUT2D eigenvalue weighted by molar-refractivity contribution is -0.113. The monoisotopic (exact) mass is 463 g/mol. The molecule has 3 rings (SSSR count). The number of nitrogens with zero attached hydrogens (tertiary/aromatic N) is 2. The van der Waals surface area contributed by atoms with Crippen LogP contribution in [0, 0.1) is 0 Å². The fourth-order valence-electron chi connectivity index (χ4n) is 2.39. The number of carbonyl (C=O) groups is 1. The molecule has 0 spiro atoms. The zero-order valence-corrected chi connectivity index (χ0v) is 17.7. The number of halogens is 1. The first kappa shape index (κ1) is 20.2. The highest BCUT2D eigenvalue weighted by Crippen LogP contribution is 2.28. The van der Waals surface area contributed by atoms with Crippen LogP contribution >= 0.6 is 27.7 Å². The number of benzene rings is 2. The minimum atomic E-state index is -0.146. The SMILES string of the molecule is COc1ccc(Cc2nnc(SCC(=O)Nc3ccc(Br)cc3)o2)cc1OC. The predicted molar refractivity (Wildman–Crippen MR) is 110 cm³/mol. The Balaban J connectivity index is 1.54. The summed E-state index contributed by atoms with van der Waals surface area (Å²) in [5.74, 6) is 1.78. The van der Waals surface area contributed by atoms with Gasteiger partial charge in [0.15, 0.2) is 11.5 Å². The molecule has 28 heavy (non-hydrogen) atoms. The number of anilines is 1. The van der Waals surface area contributed by atoms with Gasteiger partial charge in [-0.1, -0.05) is 33.8 Å². The van der Waals surface area contributed by atoms with E-state index in [1.54, 1.807) is 14.2 Å². The van der Waals surface area contributed by atoms with Gasteiger partial charge in [-0.3, -0.25) is 4.79 Å². The minimum absolute atomic E-state index is 0.146. The van der Waals surface area contributed by atoms with E-state index in [2.05, 4.69) is 31.4 Å². The van der Waals surface area contributed by atoms with Crippen LogP contribution in [0.25, 0.3) is 0 Å². The van der Waals surface area contributed by atoms with Crippen molar-refractivity contribution in [2.45, 2.75) is 11.6 Å². The molecule has 0 saturated heterocycles. The van der Waals surface area contributed by atoms with Crippen molar-refractivity contribution in [2.75, 3.05) is 25.3 Å². The zero-order valence-electron chi connectivity index (χ0n) is 15.3. The highest BCUT2D eigenvalue weighted by molar-refractivity contribution is 9.10. The van der Waals surface area contributed by atoms with E-state index in [4.69, 9.17) is 13.9 Å². The van der Waals surface area contributed by atoms with E-state index in [1.165, 1.54) is 11.8 Å². The topological polar surface area (TPSA) is 86.5 Å². The van der Waals surface area contributed by atoms with Crippen LogP contribution in [0.2, 0.25) is 0 Å². The summed E-state index contributed by atoms with van der Waals surface area (Å²) in [7, 11) is 3.17. The summed E-state index contributed by atoms with van der Waals surface area (Å²) in [6.07, 6.45) is 0.457. The van der Waals surface area contributed by atoms with E-state index >= 15 is 0 Å². The van der Waals surface area contributed by atoms with Crippen LogP contribution < -0.4 is 14.8 Å². The molecule has 0 radical (unpaired) electrons. The molecule has 0 aliphatic heterocycles. The van der Waals surface area contributed by atoms with Crippen molar-refractivity contribution < 1.29 is 18.7 Å². The summed E-state index contributed by atoms with van der Waals surface area (Å²) in [5.41, 5.74) is 1.68. The largest absolute Gasteiger partial charge is 0.493 e. The molecule has 2 aromatic carbocycles. The van der Waals surface area contributed by atoms with Gasteiger partial charge in [0, 0.05) is 10.2 Å². The van der Waals surface area contributed by atoms with Gasteiger partial charge in [0.05, 0.1) is 26.4 Å². The summed E-state index contributed by atoms with van der Waals surface area (Å²) >= 11 is 4.55. The zero-order chi connectivity index (χ0) is 19.9. The average Bonchev–Trinajstić information content (AvgIpc) is 3.15. The summed E-state index contributed by atoms with van der Waals surface area (Å²) in [4.78, 5) is 12.0. The first-order valence-electron chi connectivity index (χ1n) is 8.29. The summed E-state index contributed by atoms with van der Waals surface area (Å²) in [6.45, 7) is 0. The predicted octanol–water partition coefficient (Wildman–Crippen LogP) is 4.17. The smallest absolute Gasteiger partial charge is 0.277 e. The third-order valence-electron chi connectivity index (χ3n) is 3.71. The van der Waals surface area contributed by atoms with Crippen molar-refractivity contribution in [3.05, 3.63) is 58.4 Å². The van der Waals surface area contributed by atoms with E-state index in [0.29, 0.717) is 29.0 Å². The molecule has 1 amide bonds. The molecule has 1 aromatic heterocycles. The molecule has 0 unspecified atom stereocenters. The van der Waals surface area contributed by atoms with E-state index < -0.39 is 0 Å². The van der Waals surface area contributed by atoms with Crippen LogP contribution in [0.4, 0.5) is 5.69 Å². The van der Waals surface area contributed by atoms with Crippen LogP contribution in [-0.2, 0) is 11.2 Å². The fourth-order valence-corrected chi connectivity index (χ4v) is 3.24. The molecule has 0 fully saturated rings. The maximum absolute atomic E-state index is 12.0. The van der Waals surface area contributed by atoms with Gasteiger partial charge in [-0.25, -0.2) is 0 Å². The van der Waals surface area contributed by atoms with Gasteiger partial charge in [-0.05, 0) is 42.0 Å². The number of rotatable bonds is 8. The number of methoxy groups -OCH3 is 2. The molecule has 146 valence electrons. The number of hydrogen-bond acceptors (Lipinski definition) is 7. The second-order valence-electron chi connectivity index (χ2n) is 5.67. The van der Waals surface area contributed by atoms with Gasteiger partial charge >= 0.3 is 0 Å². The Kier molecular flexibility index (Phi) is 6.94. The maximum atomic E-state index is 12.0. The molecule has 0 bridgehead atoms. The molecular formula is C19H18BrN3O4S. The lowest BCUT2D eigenvalue weighted by atomic mass is 10.1. The molecule has 9 heteroatoms. The van der Waals surface area contributed by atoms with Crippen LogP contribution in [0.1, 0.15) is 11.5 Å². The van der Waals surface area contributed by atoms with Crippen molar-refractivity contribution in [3.63, 3.8) is 0 Å². The van der Waals surface area contributed by atoms with E-state index in [0.717, 1.165) is 15.7 Å². The molecule has 0 aliphatic carbocycles. The first-order valence-corrected chi connectivity index (χ1v) is 10.1. The Bertz CT molecular complexity index is 947. The average molecular weight is 464 g/mol. The molecular weight excluding hydrogens is 446 g/mol. The summed E-state index contributed by atoms with van der Waals surface area (Å²) in [6, 6.07) is 13.0. The number of amides is 1. The highest BCUT2D eigenvalue weighted by atomic mass is 79.9. The van der Waals surface area contributed by atoms with Gasteiger partial charge in [0.25, 0.3) is 5.22 Å². The van der Waals surface area contributed by atoms with Crippen LogP contribution in [0.3, 0.4) is 0 Å². The lowest BCUT2D eigenvalue weighted by Gasteiger charge is -2.08. The second-order valence-corrected chi connectivity index (χ2v) is 7.51. The van der Waals surface area contributed by atoms with Gasteiger partial charge in [-0.2, -0.15) is 0 Å². The minimum Gasteiger partial charge on any atom is -0.493 e. The molecule has 1 N–H and O–H groups in total. The second kappa shape index (κ2) is 9.61. The van der Waals surface area contributed by atoms with Crippen molar-refractivity contribution in [2.24, 2.45) is 0 Å². The van der Waals surface area contributed by atoms with Gasteiger partial charge < -0.3 is 19.2 Å². The summed E-state index contributed by atoms with van der Waals surface area (Å²) in [5, 5.41) is 11.2. The van der Waals surface area contributed by atoms with Crippen molar-refractivity contribution in [1.82, 2.24) is 10.2 Å². The Hall–Kier alpha value is -2.52. The number of thioether (sulfide) groups is 1. The molecule has 7 nitrogen and oxygen atoms in total. The van der Waals surface area contributed by atoms with Gasteiger partial charge in [0.1, 0.15) is 0 Å². The molecule has 0 aliphatic rings. The Morgan fingerprint density at radius 2 is 1.86 bits per heavy atom. The maximum Gasteiger partial charge on any atom is 0.277 e. The normalized spacial score (nSPS) is 10.5. The Morgan fingerprint density at radius 1 is 1.11 bits per heavy atom. The molecule has 0 saturated carbocycles. The van der Waals surface area contributed by atoms with Crippen molar-refractivity contribution >= 4 is 39.3 Å².